The van der Waals surface area contributed by atoms with Gasteiger partial charge in [0.05, 0.1) is 0 Å². The number of carbonyl (C=O) groups excluding carboxylic acids is 1. The lowest BCUT2D eigenvalue weighted by molar-refractivity contribution is 0.0951. The molecule has 0 saturated carbocycles. The molecule has 5 heteroatoms. The van der Waals surface area contributed by atoms with Crippen molar-refractivity contribution in [1.82, 2.24) is 10.3 Å². The zero-order chi connectivity index (χ0) is 18.6. The zero-order valence-electron chi connectivity index (χ0n) is 14.5. The molecule has 0 aliphatic heterocycles. The number of amides is 1. The van der Waals surface area contributed by atoms with Crippen LogP contribution in [0.2, 0.25) is 0 Å². The Kier molecular flexibility index (Phi) is 4.66. The van der Waals surface area contributed by atoms with Crippen LogP contribution < -0.4 is 5.32 Å². The Morgan fingerprint density at radius 3 is 2.59 bits per heavy atom. The van der Waals surface area contributed by atoms with Crippen LogP contribution in [0, 0.1) is 5.82 Å². The number of aromatic nitrogens is 1. The van der Waals surface area contributed by atoms with Crippen molar-refractivity contribution < 1.29 is 13.6 Å². The van der Waals surface area contributed by atoms with Gasteiger partial charge >= 0.3 is 0 Å². The van der Waals surface area contributed by atoms with Gasteiger partial charge in [-0.15, -0.1) is 0 Å². The molecule has 0 saturated heterocycles. The van der Waals surface area contributed by atoms with E-state index in [2.05, 4.69) is 10.3 Å². The smallest absolute Gasteiger partial charge is 0.251 e. The molecule has 1 heterocycles. The summed E-state index contributed by atoms with van der Waals surface area (Å²) in [5.74, 6) is 0.0338. The van der Waals surface area contributed by atoms with Gasteiger partial charge in [0.15, 0.2) is 11.5 Å². The molecule has 1 amide bonds. The molecular formula is C22H17FN2O2. The third kappa shape index (κ3) is 4.03. The lowest BCUT2D eigenvalue weighted by Gasteiger charge is -2.05. The first-order valence-electron chi connectivity index (χ1n) is 8.63. The molecule has 0 radical (unpaired) electrons. The van der Waals surface area contributed by atoms with Gasteiger partial charge in [0.2, 0.25) is 0 Å². The lowest BCUT2D eigenvalue weighted by atomic mass is 10.1. The summed E-state index contributed by atoms with van der Waals surface area (Å²) in [4.78, 5) is 16.8. The standard InChI is InChI=1S/C22H17FN2O2/c23-18-8-4-7-16(11-18)14-24-22(26)17-9-10-19-20(13-17)27-21(25-19)12-15-5-2-1-3-6-15/h1-11,13H,12,14H2,(H,24,26). The van der Waals surface area contributed by atoms with Gasteiger partial charge in [0.1, 0.15) is 11.3 Å². The maximum Gasteiger partial charge on any atom is 0.251 e. The molecule has 27 heavy (non-hydrogen) atoms. The minimum absolute atomic E-state index is 0.248. The van der Waals surface area contributed by atoms with E-state index in [1.54, 1.807) is 30.3 Å². The Morgan fingerprint density at radius 2 is 1.78 bits per heavy atom. The van der Waals surface area contributed by atoms with E-state index < -0.39 is 0 Å². The molecule has 0 aliphatic rings. The van der Waals surface area contributed by atoms with E-state index >= 15 is 0 Å². The summed E-state index contributed by atoms with van der Waals surface area (Å²) >= 11 is 0. The fraction of sp³-hybridized carbons (Fsp3) is 0.0909. The summed E-state index contributed by atoms with van der Waals surface area (Å²) in [7, 11) is 0. The van der Waals surface area contributed by atoms with Crippen LogP contribution in [0.25, 0.3) is 11.1 Å². The molecule has 4 nitrogen and oxygen atoms in total. The Hall–Kier alpha value is -3.47. The number of rotatable bonds is 5. The summed E-state index contributed by atoms with van der Waals surface area (Å²) in [6.07, 6.45) is 0.594. The van der Waals surface area contributed by atoms with Crippen molar-refractivity contribution in [2.24, 2.45) is 0 Å². The second-order valence-electron chi connectivity index (χ2n) is 6.27. The van der Waals surface area contributed by atoms with Crippen molar-refractivity contribution in [3.05, 3.63) is 101 Å². The lowest BCUT2D eigenvalue weighted by Crippen LogP contribution is -2.22. The van der Waals surface area contributed by atoms with Crippen LogP contribution in [0.5, 0.6) is 0 Å². The first-order chi connectivity index (χ1) is 13.2. The Labute approximate surface area is 155 Å². The van der Waals surface area contributed by atoms with Crippen molar-refractivity contribution in [2.75, 3.05) is 0 Å². The molecule has 0 unspecified atom stereocenters. The van der Waals surface area contributed by atoms with Crippen LogP contribution in [0.15, 0.2) is 77.2 Å². The highest BCUT2D eigenvalue weighted by molar-refractivity contribution is 5.97. The van der Waals surface area contributed by atoms with Crippen molar-refractivity contribution >= 4 is 17.0 Å². The first-order valence-corrected chi connectivity index (χ1v) is 8.63. The van der Waals surface area contributed by atoms with Crippen LogP contribution in [0.1, 0.15) is 27.4 Å². The zero-order valence-corrected chi connectivity index (χ0v) is 14.5. The maximum absolute atomic E-state index is 13.2. The van der Waals surface area contributed by atoms with E-state index in [1.165, 1.54) is 12.1 Å². The van der Waals surface area contributed by atoms with Crippen molar-refractivity contribution in [3.8, 4) is 0 Å². The number of carbonyl (C=O) groups is 1. The molecule has 134 valence electrons. The van der Waals surface area contributed by atoms with Gasteiger partial charge in [-0.1, -0.05) is 42.5 Å². The molecule has 4 aromatic rings. The second kappa shape index (κ2) is 7.41. The summed E-state index contributed by atoms with van der Waals surface area (Å²) in [6.45, 7) is 0.254. The average molecular weight is 360 g/mol. The molecule has 0 fully saturated rings. The highest BCUT2D eigenvalue weighted by atomic mass is 19.1. The number of hydrogen-bond donors (Lipinski definition) is 1. The third-order valence-corrected chi connectivity index (χ3v) is 4.24. The van der Waals surface area contributed by atoms with Crippen molar-refractivity contribution in [1.29, 1.82) is 0 Å². The Morgan fingerprint density at radius 1 is 0.963 bits per heavy atom. The largest absolute Gasteiger partial charge is 0.440 e. The molecule has 0 atom stereocenters. The van der Waals surface area contributed by atoms with Crippen molar-refractivity contribution in [3.63, 3.8) is 0 Å². The van der Waals surface area contributed by atoms with E-state index in [4.69, 9.17) is 4.42 Å². The number of nitrogens with zero attached hydrogens (tertiary/aromatic N) is 1. The topological polar surface area (TPSA) is 55.1 Å². The number of benzene rings is 3. The molecular weight excluding hydrogens is 343 g/mol. The first kappa shape index (κ1) is 17.0. The fourth-order valence-electron chi connectivity index (χ4n) is 2.89. The Bertz CT molecular complexity index is 1090. The second-order valence-corrected chi connectivity index (χ2v) is 6.27. The fourth-order valence-corrected chi connectivity index (χ4v) is 2.89. The Balaban J connectivity index is 1.48. The minimum atomic E-state index is -0.323. The van der Waals surface area contributed by atoms with Gasteiger partial charge in [-0.05, 0) is 41.5 Å². The minimum Gasteiger partial charge on any atom is -0.440 e. The summed E-state index contributed by atoms with van der Waals surface area (Å²) in [6, 6.07) is 21.2. The van der Waals surface area contributed by atoms with Crippen molar-refractivity contribution in [2.45, 2.75) is 13.0 Å². The SMILES string of the molecule is O=C(NCc1cccc(F)c1)c1ccc2nc(Cc3ccccc3)oc2c1. The summed E-state index contributed by atoms with van der Waals surface area (Å²) < 4.78 is 19.0. The van der Waals surface area contributed by atoms with Gasteiger partial charge in [0, 0.05) is 18.5 Å². The number of fused-ring (bicyclic) bond motifs is 1. The molecule has 3 aromatic carbocycles. The number of hydrogen-bond acceptors (Lipinski definition) is 3. The van der Waals surface area contributed by atoms with E-state index in [0.717, 1.165) is 5.56 Å². The van der Waals surface area contributed by atoms with E-state index in [-0.39, 0.29) is 18.3 Å². The predicted octanol–water partition coefficient (Wildman–Crippen LogP) is 4.49. The number of oxazole rings is 1. The van der Waals surface area contributed by atoms with Crippen LogP contribution >= 0.6 is 0 Å². The summed E-state index contributed by atoms with van der Waals surface area (Å²) in [5, 5.41) is 2.79. The van der Waals surface area contributed by atoms with Gasteiger partial charge in [0.25, 0.3) is 5.91 Å². The van der Waals surface area contributed by atoms with Crippen LogP contribution in [0.3, 0.4) is 0 Å². The average Bonchev–Trinajstić information content (AvgIpc) is 3.08. The monoisotopic (exact) mass is 360 g/mol. The van der Waals surface area contributed by atoms with Crippen LogP contribution in [-0.2, 0) is 13.0 Å². The maximum atomic E-state index is 13.2. The quantitative estimate of drug-likeness (QED) is 0.571. The normalized spacial score (nSPS) is 10.9. The molecule has 1 aromatic heterocycles. The molecule has 4 rings (SSSR count). The third-order valence-electron chi connectivity index (χ3n) is 4.24. The van der Waals surface area contributed by atoms with Gasteiger partial charge in [-0.25, -0.2) is 9.37 Å². The van der Waals surface area contributed by atoms with Gasteiger partial charge < -0.3 is 9.73 Å². The van der Waals surface area contributed by atoms with E-state index in [1.807, 2.05) is 30.3 Å². The van der Waals surface area contributed by atoms with Crippen LogP contribution in [-0.4, -0.2) is 10.9 Å². The predicted molar refractivity (Wildman–Crippen MR) is 101 cm³/mol. The summed E-state index contributed by atoms with van der Waals surface area (Å²) in [5.41, 5.74) is 3.56. The molecule has 0 aliphatic carbocycles. The molecule has 0 bridgehead atoms. The van der Waals surface area contributed by atoms with E-state index in [0.29, 0.717) is 34.5 Å². The van der Waals surface area contributed by atoms with E-state index in [9.17, 15) is 9.18 Å². The van der Waals surface area contributed by atoms with Gasteiger partial charge in [-0.3, -0.25) is 4.79 Å². The molecule has 1 N–H and O–H groups in total. The molecule has 0 spiro atoms. The highest BCUT2D eigenvalue weighted by Gasteiger charge is 2.11. The number of halogens is 1. The van der Waals surface area contributed by atoms with Crippen LogP contribution in [0.4, 0.5) is 4.39 Å². The highest BCUT2D eigenvalue weighted by Crippen LogP contribution is 2.19. The van der Waals surface area contributed by atoms with Gasteiger partial charge in [-0.2, -0.15) is 0 Å². The number of nitrogens with one attached hydrogen (secondary N) is 1.